The van der Waals surface area contributed by atoms with Crippen LogP contribution >= 0.6 is 11.8 Å². The summed E-state index contributed by atoms with van der Waals surface area (Å²) in [6.45, 7) is 2.05. The van der Waals surface area contributed by atoms with Gasteiger partial charge in [0.25, 0.3) is 0 Å². The van der Waals surface area contributed by atoms with E-state index in [1.165, 1.54) is 28.3 Å². The van der Waals surface area contributed by atoms with Gasteiger partial charge in [0, 0.05) is 22.6 Å². The molecule has 4 rings (SSSR count). The molecule has 0 amide bonds. The largest absolute Gasteiger partial charge is 0.467 e. The van der Waals surface area contributed by atoms with Gasteiger partial charge in [-0.15, -0.1) is 0 Å². The van der Waals surface area contributed by atoms with E-state index in [9.17, 15) is 0 Å². The topological polar surface area (TPSA) is 21.3 Å². The summed E-state index contributed by atoms with van der Waals surface area (Å²) in [5.74, 6) is 2.21. The third-order valence-electron chi connectivity index (χ3n) is 3.78. The molecule has 0 fully saturated rings. The number of benzene rings is 1. The van der Waals surface area contributed by atoms with E-state index >= 15 is 0 Å². The normalized spacial score (nSPS) is 28.6. The highest BCUT2D eigenvalue weighted by Crippen LogP contribution is 2.55. The molecule has 1 atom stereocenters. The fraction of sp³-hybridized carbons (Fsp3) is 0.333. The molecule has 1 aliphatic carbocycles. The van der Waals surface area contributed by atoms with E-state index in [1.807, 2.05) is 11.8 Å². The lowest BCUT2D eigenvalue weighted by Crippen LogP contribution is -2.34. The van der Waals surface area contributed by atoms with Crippen LogP contribution in [-0.2, 0) is 4.74 Å². The van der Waals surface area contributed by atoms with Gasteiger partial charge in [-0.05, 0) is 38.0 Å². The Hall–Kier alpha value is -1.35. The highest BCUT2D eigenvalue weighted by atomic mass is 32.2. The summed E-state index contributed by atoms with van der Waals surface area (Å²) < 4.78 is 5.88. The molecule has 3 heteroatoms. The average molecular weight is 257 g/mol. The maximum absolute atomic E-state index is 5.88. The first-order valence-corrected chi connectivity index (χ1v) is 7.24. The zero-order valence-corrected chi connectivity index (χ0v) is 11.1. The fourth-order valence-electron chi connectivity index (χ4n) is 3.08. The van der Waals surface area contributed by atoms with Crippen molar-refractivity contribution >= 4 is 17.4 Å². The summed E-state index contributed by atoms with van der Waals surface area (Å²) in [7, 11) is 0. The third kappa shape index (κ3) is 1.37. The van der Waals surface area contributed by atoms with Gasteiger partial charge in [0.1, 0.15) is 16.4 Å². The maximum atomic E-state index is 5.88. The summed E-state index contributed by atoms with van der Waals surface area (Å²) in [4.78, 5) is 1.25. The van der Waals surface area contributed by atoms with E-state index in [-0.39, 0.29) is 4.87 Å². The number of para-hydroxylation sites is 1. The van der Waals surface area contributed by atoms with Gasteiger partial charge in [0.15, 0.2) is 0 Å². The van der Waals surface area contributed by atoms with Gasteiger partial charge in [-0.25, -0.2) is 0 Å². The zero-order chi connectivity index (χ0) is 12.2. The van der Waals surface area contributed by atoms with Gasteiger partial charge in [-0.1, -0.05) is 23.9 Å². The van der Waals surface area contributed by atoms with Crippen molar-refractivity contribution in [3.05, 3.63) is 47.4 Å². The van der Waals surface area contributed by atoms with Crippen LogP contribution < -0.4 is 5.32 Å². The Labute approximate surface area is 111 Å². The monoisotopic (exact) mass is 257 g/mol. The molecule has 2 heterocycles. The lowest BCUT2D eigenvalue weighted by molar-refractivity contribution is 0.283. The molecule has 1 unspecified atom stereocenters. The number of nitrogens with one attached hydrogen (secondary N) is 1. The summed E-state index contributed by atoms with van der Waals surface area (Å²) in [6.07, 6.45) is 5.68. The zero-order valence-electron chi connectivity index (χ0n) is 10.3. The van der Waals surface area contributed by atoms with Crippen molar-refractivity contribution in [2.45, 2.75) is 36.0 Å². The molecular weight excluding hydrogens is 242 g/mol. The summed E-state index contributed by atoms with van der Waals surface area (Å²) in [6, 6.07) is 8.54. The number of thioether (sulfide) groups is 1. The van der Waals surface area contributed by atoms with Crippen LogP contribution in [0.3, 0.4) is 0 Å². The Morgan fingerprint density at radius 2 is 2.17 bits per heavy atom. The van der Waals surface area contributed by atoms with Crippen molar-refractivity contribution in [1.82, 2.24) is 0 Å². The van der Waals surface area contributed by atoms with Gasteiger partial charge in [0.2, 0.25) is 0 Å². The van der Waals surface area contributed by atoms with Gasteiger partial charge < -0.3 is 10.1 Å². The molecule has 0 radical (unpaired) electrons. The number of hydrogen-bond acceptors (Lipinski definition) is 3. The van der Waals surface area contributed by atoms with E-state index in [4.69, 9.17) is 4.74 Å². The second-order valence-electron chi connectivity index (χ2n) is 5.07. The van der Waals surface area contributed by atoms with E-state index in [0.29, 0.717) is 0 Å². The van der Waals surface area contributed by atoms with Crippen LogP contribution in [0, 0.1) is 0 Å². The number of hydrogen-bond donors (Lipinski definition) is 1. The van der Waals surface area contributed by atoms with Crippen LogP contribution in [0.4, 0.5) is 5.69 Å². The molecule has 1 spiro atoms. The molecule has 92 valence electrons. The minimum Gasteiger partial charge on any atom is -0.467 e. The number of allylic oxidation sites excluding steroid dienone is 2. The Kier molecular flexibility index (Phi) is 2.10. The highest BCUT2D eigenvalue weighted by molar-refractivity contribution is 8.01. The van der Waals surface area contributed by atoms with E-state index in [1.54, 1.807) is 0 Å². The minimum absolute atomic E-state index is 0.0855. The molecule has 18 heavy (non-hydrogen) atoms. The Balaban J connectivity index is 1.83. The van der Waals surface area contributed by atoms with Crippen molar-refractivity contribution in [2.75, 3.05) is 5.32 Å². The second kappa shape index (κ2) is 3.58. The van der Waals surface area contributed by atoms with Gasteiger partial charge in [-0.3, -0.25) is 0 Å². The SMILES string of the molecule is CC1=CC2(Nc3ccccc3S2)C2=C(CCC2)O1. The van der Waals surface area contributed by atoms with Crippen LogP contribution in [0.15, 0.2) is 52.3 Å². The standard InChI is InChI=1S/C15H15NOS/c1-10-9-15(11-5-4-7-13(11)17-10)16-12-6-2-3-8-14(12)18-15/h2-3,6,8-9,16H,4-5,7H2,1H3. The Morgan fingerprint density at radius 3 is 3.06 bits per heavy atom. The molecule has 0 saturated carbocycles. The highest BCUT2D eigenvalue weighted by Gasteiger charge is 2.45. The van der Waals surface area contributed by atoms with Gasteiger partial charge >= 0.3 is 0 Å². The van der Waals surface area contributed by atoms with Crippen LogP contribution in [0.5, 0.6) is 0 Å². The lowest BCUT2D eigenvalue weighted by atomic mass is 10.0. The number of ether oxygens (including phenoxy) is 1. The van der Waals surface area contributed by atoms with E-state index < -0.39 is 0 Å². The average Bonchev–Trinajstić information content (AvgIpc) is 2.92. The molecule has 1 N–H and O–H groups in total. The van der Waals surface area contributed by atoms with E-state index in [0.717, 1.165) is 18.6 Å². The molecule has 3 aliphatic rings. The number of fused-ring (bicyclic) bond motifs is 2. The fourth-order valence-corrected chi connectivity index (χ4v) is 4.53. The van der Waals surface area contributed by atoms with Crippen molar-refractivity contribution in [2.24, 2.45) is 0 Å². The Morgan fingerprint density at radius 1 is 1.28 bits per heavy atom. The quantitative estimate of drug-likeness (QED) is 0.750. The number of anilines is 1. The molecule has 1 aromatic carbocycles. The number of rotatable bonds is 0. The van der Waals surface area contributed by atoms with Crippen LogP contribution in [-0.4, -0.2) is 4.87 Å². The van der Waals surface area contributed by atoms with E-state index in [2.05, 4.69) is 42.6 Å². The van der Waals surface area contributed by atoms with Crippen molar-refractivity contribution in [1.29, 1.82) is 0 Å². The first-order chi connectivity index (χ1) is 8.77. The molecule has 2 nitrogen and oxygen atoms in total. The molecule has 0 bridgehead atoms. The molecule has 0 aromatic heterocycles. The predicted octanol–water partition coefficient (Wildman–Crippen LogP) is 4.27. The Bertz CT molecular complexity index is 563. The van der Waals surface area contributed by atoms with Crippen molar-refractivity contribution in [3.63, 3.8) is 0 Å². The van der Waals surface area contributed by atoms with Crippen molar-refractivity contribution in [3.8, 4) is 0 Å². The van der Waals surface area contributed by atoms with Crippen LogP contribution in [0.1, 0.15) is 26.2 Å². The smallest absolute Gasteiger partial charge is 0.136 e. The van der Waals surface area contributed by atoms with Crippen LogP contribution in [0.25, 0.3) is 0 Å². The van der Waals surface area contributed by atoms with Gasteiger partial charge in [0.05, 0.1) is 0 Å². The molecule has 2 aliphatic heterocycles. The third-order valence-corrected chi connectivity index (χ3v) is 5.15. The predicted molar refractivity (Wildman–Crippen MR) is 74.4 cm³/mol. The lowest BCUT2D eigenvalue weighted by Gasteiger charge is -2.32. The molecule has 1 aromatic rings. The summed E-state index contributed by atoms with van der Waals surface area (Å²) in [5, 5.41) is 3.70. The first kappa shape index (κ1) is 10.6. The molecule has 0 saturated heterocycles. The summed E-state index contributed by atoms with van der Waals surface area (Å²) >= 11 is 1.91. The van der Waals surface area contributed by atoms with Crippen molar-refractivity contribution < 1.29 is 4.74 Å². The van der Waals surface area contributed by atoms with Gasteiger partial charge in [-0.2, -0.15) is 0 Å². The minimum atomic E-state index is -0.0855. The van der Waals surface area contributed by atoms with Crippen LogP contribution in [0.2, 0.25) is 0 Å². The first-order valence-electron chi connectivity index (χ1n) is 6.43. The molecular formula is C15H15NOS. The maximum Gasteiger partial charge on any atom is 0.136 e. The summed E-state index contributed by atoms with van der Waals surface area (Å²) in [5.41, 5.74) is 2.68. The second-order valence-corrected chi connectivity index (χ2v) is 6.36.